The van der Waals surface area contributed by atoms with Crippen LogP contribution in [0.5, 0.6) is 0 Å². The molecule has 3 N–H and O–H groups in total. The molecule has 1 saturated heterocycles. The van der Waals surface area contributed by atoms with Gasteiger partial charge in [-0.1, -0.05) is 12.1 Å². The molecule has 0 radical (unpaired) electrons. The molecule has 0 spiro atoms. The summed E-state index contributed by atoms with van der Waals surface area (Å²) in [5, 5.41) is 14.3. The molecule has 2 aromatic rings. The Morgan fingerprint density at radius 1 is 1.16 bits per heavy atom. The molecule has 9 nitrogen and oxygen atoms in total. The molecule has 2 aliphatic rings. The Kier molecular flexibility index (Phi) is 8.53. The van der Waals surface area contributed by atoms with E-state index in [-0.39, 0.29) is 25.3 Å². The van der Waals surface area contributed by atoms with E-state index in [9.17, 15) is 14.4 Å². The number of anilines is 1. The van der Waals surface area contributed by atoms with Gasteiger partial charge in [0.15, 0.2) is 0 Å². The fourth-order valence-corrected chi connectivity index (χ4v) is 3.61. The number of rotatable bonds is 7. The number of nitrogens with one attached hydrogen (secondary N) is 2. The van der Waals surface area contributed by atoms with Gasteiger partial charge < -0.3 is 20.6 Å². The van der Waals surface area contributed by atoms with Gasteiger partial charge >= 0.3 is 5.97 Å². The van der Waals surface area contributed by atoms with Crippen LogP contribution < -0.4 is 10.6 Å². The smallest absolute Gasteiger partial charge is 0.305 e. The Labute approximate surface area is 187 Å². The molecular weight excluding hydrogens is 410 g/mol. The number of amides is 2. The zero-order chi connectivity index (χ0) is 22.8. The minimum atomic E-state index is -0.979. The molecule has 2 aliphatic heterocycles. The molecule has 0 atom stereocenters. The highest BCUT2D eigenvalue weighted by Crippen LogP contribution is 2.24. The summed E-state index contributed by atoms with van der Waals surface area (Å²) >= 11 is 0. The maximum atomic E-state index is 12.0. The summed E-state index contributed by atoms with van der Waals surface area (Å²) in [6, 6.07) is 9.91. The summed E-state index contributed by atoms with van der Waals surface area (Å²) in [7, 11) is 0. The van der Waals surface area contributed by atoms with Crippen LogP contribution in [0.3, 0.4) is 0 Å². The molecule has 2 aromatic heterocycles. The van der Waals surface area contributed by atoms with Gasteiger partial charge in [-0.3, -0.25) is 19.4 Å². The summed E-state index contributed by atoms with van der Waals surface area (Å²) in [6.07, 6.45) is 6.15. The fourth-order valence-electron chi connectivity index (χ4n) is 3.61. The van der Waals surface area contributed by atoms with Crippen molar-refractivity contribution >= 4 is 23.6 Å². The molecule has 0 saturated carbocycles. The maximum absolute atomic E-state index is 12.0. The number of carbonyl (C=O) groups is 3. The van der Waals surface area contributed by atoms with E-state index < -0.39 is 11.9 Å². The lowest BCUT2D eigenvalue weighted by Crippen LogP contribution is -2.51. The first-order chi connectivity index (χ1) is 15.5. The van der Waals surface area contributed by atoms with Crippen molar-refractivity contribution < 1.29 is 19.5 Å². The summed E-state index contributed by atoms with van der Waals surface area (Å²) in [5.74, 6) is -0.272. The summed E-state index contributed by atoms with van der Waals surface area (Å²) in [6.45, 7) is 2.27. The minimum Gasteiger partial charge on any atom is -0.481 e. The first-order valence-electron chi connectivity index (χ1n) is 10.8. The molecule has 4 heterocycles. The number of nitrogens with zero attached hydrogens (tertiary/aromatic N) is 3. The molecule has 0 aromatic carbocycles. The van der Waals surface area contributed by atoms with E-state index in [4.69, 9.17) is 5.11 Å². The van der Waals surface area contributed by atoms with Gasteiger partial charge in [0.05, 0.1) is 6.42 Å². The molecule has 1 fully saturated rings. The molecule has 9 heteroatoms. The first kappa shape index (κ1) is 23.2. The lowest BCUT2D eigenvalue weighted by molar-refractivity contribution is -0.141. The molecule has 2 amide bonds. The van der Waals surface area contributed by atoms with Gasteiger partial charge in [-0.05, 0) is 48.9 Å². The van der Waals surface area contributed by atoms with E-state index in [1.807, 2.05) is 18.2 Å². The second kappa shape index (κ2) is 11.8. The van der Waals surface area contributed by atoms with E-state index in [2.05, 4.69) is 32.7 Å². The second-order valence-corrected chi connectivity index (χ2v) is 7.90. The van der Waals surface area contributed by atoms with Crippen LogP contribution in [0.4, 0.5) is 5.82 Å². The zero-order valence-corrected chi connectivity index (χ0v) is 18.0. The first-order valence-corrected chi connectivity index (χ1v) is 10.8. The lowest BCUT2D eigenvalue weighted by atomic mass is 9.93. The van der Waals surface area contributed by atoms with Crippen molar-refractivity contribution in [1.82, 2.24) is 20.2 Å². The largest absolute Gasteiger partial charge is 0.481 e. The Bertz CT molecular complexity index is 889. The normalized spacial score (nSPS) is 14.7. The monoisotopic (exact) mass is 439 g/mol. The second-order valence-electron chi connectivity index (χ2n) is 7.90. The maximum Gasteiger partial charge on any atom is 0.305 e. The third kappa shape index (κ3) is 7.33. The van der Waals surface area contributed by atoms with E-state index in [0.29, 0.717) is 19.0 Å². The minimum absolute atomic E-state index is 0.0438. The van der Waals surface area contributed by atoms with Crippen molar-refractivity contribution in [2.75, 3.05) is 31.5 Å². The van der Waals surface area contributed by atoms with E-state index in [1.165, 1.54) is 5.56 Å². The van der Waals surface area contributed by atoms with Crippen molar-refractivity contribution in [2.24, 2.45) is 5.92 Å². The van der Waals surface area contributed by atoms with Crippen molar-refractivity contribution in [1.29, 1.82) is 0 Å². The van der Waals surface area contributed by atoms with E-state index in [1.54, 1.807) is 17.3 Å². The number of hydrogen-bond acceptors (Lipinski definition) is 6. The number of carboxylic acid groups (broad SMARTS) is 1. The SMILES string of the molecule is O=C(O)CCNC(=O)CC(=O)N1CC(Cc2ccc3c(n2)NCCC3)C1.c1ccncc1. The molecule has 0 aliphatic carbocycles. The van der Waals surface area contributed by atoms with Gasteiger partial charge in [0.2, 0.25) is 11.8 Å². The topological polar surface area (TPSA) is 125 Å². The Morgan fingerprint density at radius 2 is 1.94 bits per heavy atom. The molecule has 0 bridgehead atoms. The third-order valence-electron chi connectivity index (χ3n) is 5.30. The lowest BCUT2D eigenvalue weighted by Gasteiger charge is -2.39. The predicted octanol–water partition coefficient (Wildman–Crippen LogP) is 1.50. The number of carbonyl (C=O) groups excluding carboxylic acids is 2. The third-order valence-corrected chi connectivity index (χ3v) is 5.30. The van der Waals surface area contributed by atoms with Gasteiger partial charge in [0.1, 0.15) is 12.2 Å². The summed E-state index contributed by atoms with van der Waals surface area (Å²) in [4.78, 5) is 44.2. The van der Waals surface area contributed by atoms with Crippen LogP contribution in [-0.4, -0.2) is 63.9 Å². The molecule has 32 heavy (non-hydrogen) atoms. The van der Waals surface area contributed by atoms with Crippen LogP contribution in [0.15, 0.2) is 42.7 Å². The highest BCUT2D eigenvalue weighted by Gasteiger charge is 2.31. The van der Waals surface area contributed by atoms with Crippen molar-refractivity contribution in [3.05, 3.63) is 54.0 Å². The molecule has 0 unspecified atom stereocenters. The Hall–Kier alpha value is -3.49. The van der Waals surface area contributed by atoms with Crippen molar-refractivity contribution in [3.63, 3.8) is 0 Å². The number of aliphatic carboxylic acids is 1. The quantitative estimate of drug-likeness (QED) is 0.559. The number of hydrogen-bond donors (Lipinski definition) is 3. The molecular formula is C23H29N5O4. The molecule has 170 valence electrons. The predicted molar refractivity (Wildman–Crippen MR) is 119 cm³/mol. The van der Waals surface area contributed by atoms with Crippen LogP contribution in [0.1, 0.15) is 30.5 Å². The number of aromatic nitrogens is 2. The number of aryl methyl sites for hydroxylation is 1. The summed E-state index contributed by atoms with van der Waals surface area (Å²) < 4.78 is 0. The fraction of sp³-hybridized carbons (Fsp3) is 0.435. The standard InChI is InChI=1S/C18H24N4O4.C5H5N/c23-15(19-7-5-17(25)26)9-16(24)22-10-12(11-22)8-14-4-3-13-2-1-6-20-18(13)21-14;1-2-4-6-5-3-1/h3-4,12H,1-2,5-11H2,(H,19,23)(H,20,21)(H,25,26);1-5H. The van der Waals surface area contributed by atoms with Crippen LogP contribution in [0, 0.1) is 5.92 Å². The average Bonchev–Trinajstić information content (AvgIpc) is 2.77. The Morgan fingerprint density at radius 3 is 2.59 bits per heavy atom. The number of pyridine rings is 2. The van der Waals surface area contributed by atoms with Gasteiger partial charge in [-0.25, -0.2) is 4.98 Å². The van der Waals surface area contributed by atoms with Gasteiger partial charge in [0, 0.05) is 44.3 Å². The number of likely N-dealkylation sites (tertiary alicyclic amines) is 1. The Balaban J connectivity index is 0.000000416. The van der Waals surface area contributed by atoms with Crippen molar-refractivity contribution in [2.45, 2.75) is 32.1 Å². The molecule has 4 rings (SSSR count). The highest BCUT2D eigenvalue weighted by atomic mass is 16.4. The average molecular weight is 440 g/mol. The van der Waals surface area contributed by atoms with Gasteiger partial charge in [0.25, 0.3) is 0 Å². The van der Waals surface area contributed by atoms with Gasteiger partial charge in [-0.2, -0.15) is 0 Å². The van der Waals surface area contributed by atoms with Crippen molar-refractivity contribution in [3.8, 4) is 0 Å². The van der Waals surface area contributed by atoms with Crippen LogP contribution >= 0.6 is 0 Å². The zero-order valence-electron chi connectivity index (χ0n) is 18.0. The van der Waals surface area contributed by atoms with Gasteiger partial charge in [-0.15, -0.1) is 0 Å². The van der Waals surface area contributed by atoms with E-state index in [0.717, 1.165) is 37.3 Å². The number of carboxylic acids is 1. The highest BCUT2D eigenvalue weighted by molar-refractivity contribution is 5.97. The van der Waals surface area contributed by atoms with Crippen LogP contribution in [0.2, 0.25) is 0 Å². The number of fused-ring (bicyclic) bond motifs is 1. The van der Waals surface area contributed by atoms with Crippen LogP contribution in [-0.2, 0) is 27.2 Å². The van der Waals surface area contributed by atoms with E-state index >= 15 is 0 Å². The summed E-state index contributed by atoms with van der Waals surface area (Å²) in [5.41, 5.74) is 2.29. The van der Waals surface area contributed by atoms with Crippen LogP contribution in [0.25, 0.3) is 0 Å².